The minimum absolute atomic E-state index is 0.0699. The molecule has 0 atom stereocenters. The van der Waals surface area contributed by atoms with Crippen LogP contribution in [0.15, 0.2) is 40.8 Å². The van der Waals surface area contributed by atoms with E-state index >= 15 is 0 Å². The fraction of sp³-hybridized carbons (Fsp3) is 0.125. The molecule has 1 aliphatic heterocycles. The summed E-state index contributed by atoms with van der Waals surface area (Å²) in [6.45, 7) is 0.00995. The summed E-state index contributed by atoms with van der Waals surface area (Å²) < 4.78 is 21.1. The fourth-order valence-electron chi connectivity index (χ4n) is 2.28. The molecule has 2 heterocycles. The maximum Gasteiger partial charge on any atom is 0.338 e. The summed E-state index contributed by atoms with van der Waals surface area (Å²) in [7, 11) is 0. The van der Waals surface area contributed by atoms with E-state index in [0.29, 0.717) is 33.5 Å². The molecule has 3 aromatic rings. The predicted molar refractivity (Wildman–Crippen MR) is 80.7 cm³/mol. The number of esters is 1. The molecular formula is C16H10ClNO5. The summed E-state index contributed by atoms with van der Waals surface area (Å²) in [6.07, 6.45) is 0. The smallest absolute Gasteiger partial charge is 0.338 e. The van der Waals surface area contributed by atoms with Gasteiger partial charge in [-0.2, -0.15) is 0 Å². The Morgan fingerprint density at radius 3 is 3.00 bits per heavy atom. The molecule has 0 radical (unpaired) electrons. The van der Waals surface area contributed by atoms with Crippen molar-refractivity contribution in [1.82, 2.24) is 4.98 Å². The number of fused-ring (bicyclic) bond motifs is 2. The summed E-state index contributed by atoms with van der Waals surface area (Å²) in [4.78, 5) is 16.4. The number of nitrogens with zero attached hydrogens (tertiary/aromatic N) is 1. The molecule has 7 heteroatoms. The molecule has 0 fully saturated rings. The third kappa shape index (κ3) is 2.57. The van der Waals surface area contributed by atoms with Gasteiger partial charge in [0.2, 0.25) is 12.7 Å². The second-order valence-corrected chi connectivity index (χ2v) is 5.25. The molecule has 23 heavy (non-hydrogen) atoms. The number of rotatable bonds is 3. The second-order valence-electron chi connectivity index (χ2n) is 4.84. The summed E-state index contributed by atoms with van der Waals surface area (Å²) in [5.74, 6) is 0.632. The average Bonchev–Trinajstić information content (AvgIpc) is 3.18. The van der Waals surface area contributed by atoms with Crippen LogP contribution in [0.5, 0.6) is 11.5 Å². The highest BCUT2D eigenvalue weighted by atomic mass is 35.5. The van der Waals surface area contributed by atoms with Crippen LogP contribution in [0.3, 0.4) is 0 Å². The van der Waals surface area contributed by atoms with Crippen molar-refractivity contribution in [2.24, 2.45) is 0 Å². The number of carbonyl (C=O) groups is 1. The molecule has 2 aromatic carbocycles. The Bertz CT molecular complexity index is 872. The van der Waals surface area contributed by atoms with Gasteiger partial charge in [-0.3, -0.25) is 0 Å². The molecule has 0 aliphatic carbocycles. The van der Waals surface area contributed by atoms with Crippen molar-refractivity contribution in [1.29, 1.82) is 0 Å². The number of halogens is 1. The standard InChI is InChI=1S/C16H10ClNO5/c17-10-5-9(6-13-15(10)22-8-21-13)16(19)20-7-14-18-11-3-1-2-4-12(11)23-14/h1-6H,7-8H2. The maximum atomic E-state index is 12.1. The van der Waals surface area contributed by atoms with E-state index in [1.54, 1.807) is 6.07 Å². The van der Waals surface area contributed by atoms with Gasteiger partial charge < -0.3 is 18.6 Å². The molecule has 4 rings (SSSR count). The van der Waals surface area contributed by atoms with Gasteiger partial charge in [-0.15, -0.1) is 0 Å². The average molecular weight is 332 g/mol. The first-order chi connectivity index (χ1) is 11.2. The normalized spacial score (nSPS) is 12.6. The lowest BCUT2D eigenvalue weighted by molar-refractivity contribution is 0.0440. The first kappa shape index (κ1) is 13.9. The van der Waals surface area contributed by atoms with E-state index in [1.165, 1.54) is 12.1 Å². The first-order valence-electron chi connectivity index (χ1n) is 6.81. The van der Waals surface area contributed by atoms with Crippen LogP contribution in [-0.4, -0.2) is 17.7 Å². The van der Waals surface area contributed by atoms with Crippen molar-refractivity contribution in [2.75, 3.05) is 6.79 Å². The quantitative estimate of drug-likeness (QED) is 0.683. The van der Waals surface area contributed by atoms with Crippen LogP contribution in [0, 0.1) is 0 Å². The van der Waals surface area contributed by atoms with Crippen LogP contribution in [-0.2, 0) is 11.3 Å². The van der Waals surface area contributed by atoms with Gasteiger partial charge in [0.05, 0.1) is 10.6 Å². The third-order valence-corrected chi connectivity index (χ3v) is 3.61. The van der Waals surface area contributed by atoms with Crippen molar-refractivity contribution >= 4 is 28.7 Å². The van der Waals surface area contributed by atoms with Gasteiger partial charge in [0.1, 0.15) is 5.52 Å². The Labute approximate surface area is 135 Å². The molecule has 6 nitrogen and oxygen atoms in total. The highest BCUT2D eigenvalue weighted by Gasteiger charge is 2.21. The van der Waals surface area contributed by atoms with E-state index in [1.807, 2.05) is 18.2 Å². The van der Waals surface area contributed by atoms with Crippen molar-refractivity contribution in [3.05, 3.63) is 52.9 Å². The molecule has 0 amide bonds. The van der Waals surface area contributed by atoms with E-state index in [-0.39, 0.29) is 19.0 Å². The number of benzene rings is 2. The predicted octanol–water partition coefficient (Wildman–Crippen LogP) is 3.57. The highest BCUT2D eigenvalue weighted by molar-refractivity contribution is 6.32. The van der Waals surface area contributed by atoms with Crippen molar-refractivity contribution in [3.8, 4) is 11.5 Å². The zero-order valence-corrected chi connectivity index (χ0v) is 12.5. The fourth-order valence-corrected chi connectivity index (χ4v) is 2.54. The molecule has 0 saturated carbocycles. The summed E-state index contributed by atoms with van der Waals surface area (Å²) in [5.41, 5.74) is 1.63. The number of carbonyl (C=O) groups excluding carboxylic acids is 1. The Hall–Kier alpha value is -2.73. The SMILES string of the molecule is O=C(OCc1nc2ccccc2o1)c1cc(Cl)c2c(c1)OCO2. The number of ether oxygens (including phenoxy) is 3. The zero-order valence-electron chi connectivity index (χ0n) is 11.7. The van der Waals surface area contributed by atoms with E-state index in [4.69, 9.17) is 30.2 Å². The Morgan fingerprint density at radius 2 is 2.13 bits per heavy atom. The molecule has 0 N–H and O–H groups in total. The molecule has 0 spiro atoms. The second kappa shape index (κ2) is 5.48. The van der Waals surface area contributed by atoms with Crippen molar-refractivity contribution < 1.29 is 23.4 Å². The van der Waals surface area contributed by atoms with Crippen molar-refractivity contribution in [3.63, 3.8) is 0 Å². The summed E-state index contributed by atoms with van der Waals surface area (Å²) in [5, 5.41) is 0.300. The van der Waals surface area contributed by atoms with Gasteiger partial charge in [0.25, 0.3) is 0 Å². The van der Waals surface area contributed by atoms with Gasteiger partial charge in [0, 0.05) is 0 Å². The van der Waals surface area contributed by atoms with E-state index in [9.17, 15) is 4.79 Å². The molecular weight excluding hydrogens is 322 g/mol. The first-order valence-corrected chi connectivity index (χ1v) is 7.19. The van der Waals surface area contributed by atoms with Crippen LogP contribution < -0.4 is 9.47 Å². The van der Waals surface area contributed by atoms with Crippen LogP contribution in [0.2, 0.25) is 5.02 Å². The zero-order chi connectivity index (χ0) is 15.8. The van der Waals surface area contributed by atoms with Gasteiger partial charge in [0.15, 0.2) is 23.7 Å². The molecule has 0 unspecified atom stereocenters. The minimum Gasteiger partial charge on any atom is -0.454 e. The van der Waals surface area contributed by atoms with Crippen LogP contribution in [0.25, 0.3) is 11.1 Å². The summed E-state index contributed by atoms with van der Waals surface area (Å²) >= 11 is 6.05. The molecule has 116 valence electrons. The minimum atomic E-state index is -0.549. The number of hydrogen-bond donors (Lipinski definition) is 0. The maximum absolute atomic E-state index is 12.1. The number of para-hydroxylation sites is 2. The molecule has 0 bridgehead atoms. The van der Waals surface area contributed by atoms with Gasteiger partial charge in [-0.1, -0.05) is 23.7 Å². The van der Waals surface area contributed by atoms with Crippen LogP contribution in [0.1, 0.15) is 16.2 Å². The molecule has 1 aromatic heterocycles. The molecule has 0 saturated heterocycles. The van der Waals surface area contributed by atoms with Gasteiger partial charge in [-0.25, -0.2) is 9.78 Å². The van der Waals surface area contributed by atoms with E-state index in [0.717, 1.165) is 0 Å². The van der Waals surface area contributed by atoms with Crippen LogP contribution in [0.4, 0.5) is 0 Å². The Balaban J connectivity index is 1.51. The lowest BCUT2D eigenvalue weighted by Gasteiger charge is -2.05. The van der Waals surface area contributed by atoms with Gasteiger partial charge in [-0.05, 0) is 24.3 Å². The Kier molecular flexibility index (Phi) is 3.31. The lowest BCUT2D eigenvalue weighted by Crippen LogP contribution is -2.05. The third-order valence-electron chi connectivity index (χ3n) is 3.33. The lowest BCUT2D eigenvalue weighted by atomic mass is 10.2. The Morgan fingerprint density at radius 1 is 1.26 bits per heavy atom. The highest BCUT2D eigenvalue weighted by Crippen LogP contribution is 2.39. The van der Waals surface area contributed by atoms with E-state index in [2.05, 4.69) is 4.98 Å². The summed E-state index contributed by atoms with van der Waals surface area (Å²) in [6, 6.07) is 10.3. The topological polar surface area (TPSA) is 70.8 Å². The largest absolute Gasteiger partial charge is 0.454 e. The van der Waals surface area contributed by atoms with E-state index < -0.39 is 5.97 Å². The van der Waals surface area contributed by atoms with Gasteiger partial charge >= 0.3 is 5.97 Å². The van der Waals surface area contributed by atoms with Crippen LogP contribution >= 0.6 is 11.6 Å². The molecule has 1 aliphatic rings. The number of aromatic nitrogens is 1. The number of oxazole rings is 1. The van der Waals surface area contributed by atoms with Crippen molar-refractivity contribution in [2.45, 2.75) is 6.61 Å². The monoisotopic (exact) mass is 331 g/mol. The number of hydrogen-bond acceptors (Lipinski definition) is 6.